The third-order valence-corrected chi connectivity index (χ3v) is 4.79. The number of hydrogen-bond donors (Lipinski definition) is 1. The average Bonchev–Trinajstić information content (AvgIpc) is 2.60. The second kappa shape index (κ2) is 11.2. The molecule has 0 aliphatic heterocycles. The summed E-state index contributed by atoms with van der Waals surface area (Å²) in [5.41, 5.74) is 1.23. The van der Waals surface area contributed by atoms with E-state index in [1.807, 2.05) is 55.6 Å². The topological polar surface area (TPSA) is 44.7 Å². The normalized spacial score (nSPS) is 12.2. The number of rotatable bonds is 6. The third-order valence-electron chi connectivity index (χ3n) is 3.41. The van der Waals surface area contributed by atoms with Crippen molar-refractivity contribution in [3.05, 3.63) is 66.2 Å². The Bertz CT molecular complexity index is 650. The number of aliphatic imine (C=N–C) groups is 1. The Morgan fingerprint density at radius 3 is 2.25 bits per heavy atom. The monoisotopic (exact) mass is 457 g/mol. The molecule has 0 fully saturated rings. The molecule has 6 heteroatoms. The molecule has 0 saturated carbocycles. The predicted octanol–water partition coefficient (Wildman–Crippen LogP) is 3.12. The van der Waals surface area contributed by atoms with Crippen LogP contribution in [0.5, 0.6) is 0 Å². The van der Waals surface area contributed by atoms with Crippen LogP contribution in [0.1, 0.15) is 5.56 Å². The van der Waals surface area contributed by atoms with E-state index in [0.29, 0.717) is 12.3 Å². The summed E-state index contributed by atoms with van der Waals surface area (Å²) in [5, 5.41) is 3.27. The van der Waals surface area contributed by atoms with Crippen LogP contribution in [-0.2, 0) is 17.3 Å². The first-order valence-corrected chi connectivity index (χ1v) is 8.91. The highest BCUT2D eigenvalue weighted by Crippen LogP contribution is 2.05. The molecule has 1 N–H and O–H groups in total. The second-order valence-electron chi connectivity index (χ2n) is 5.18. The van der Waals surface area contributed by atoms with E-state index in [0.717, 1.165) is 17.4 Å². The van der Waals surface area contributed by atoms with Crippen LogP contribution >= 0.6 is 24.0 Å². The quantitative estimate of drug-likeness (QED) is 0.412. The van der Waals surface area contributed by atoms with Crippen molar-refractivity contribution in [3.63, 3.8) is 0 Å². The third kappa shape index (κ3) is 6.60. The Morgan fingerprint density at radius 2 is 1.67 bits per heavy atom. The lowest BCUT2D eigenvalue weighted by atomic mass is 10.2. The van der Waals surface area contributed by atoms with E-state index in [2.05, 4.69) is 27.3 Å². The summed E-state index contributed by atoms with van der Waals surface area (Å²) in [5.74, 6) is 1.36. The van der Waals surface area contributed by atoms with Crippen LogP contribution in [0.3, 0.4) is 0 Å². The lowest BCUT2D eigenvalue weighted by molar-refractivity contribution is 0.479. The molecule has 2 aromatic rings. The van der Waals surface area contributed by atoms with Crippen molar-refractivity contribution in [2.24, 2.45) is 4.99 Å². The molecular weight excluding hydrogens is 433 g/mol. The van der Waals surface area contributed by atoms with Gasteiger partial charge in [-0.15, -0.1) is 24.0 Å². The van der Waals surface area contributed by atoms with Crippen LogP contribution in [0.15, 0.2) is 70.6 Å². The summed E-state index contributed by atoms with van der Waals surface area (Å²) in [7, 11) is 2.77. The van der Waals surface area contributed by atoms with Gasteiger partial charge in [0.2, 0.25) is 0 Å². The SMILES string of the molecule is CN=C(NCCS(=O)c1ccccc1)N(C)Cc1ccccc1.I. The Balaban J connectivity index is 0.00000288. The molecule has 0 bridgehead atoms. The van der Waals surface area contributed by atoms with Crippen molar-refractivity contribution in [1.29, 1.82) is 0 Å². The molecule has 0 amide bonds. The number of guanidine groups is 1. The molecule has 4 nitrogen and oxygen atoms in total. The number of hydrogen-bond acceptors (Lipinski definition) is 2. The van der Waals surface area contributed by atoms with Gasteiger partial charge in [0.05, 0.1) is 10.8 Å². The minimum Gasteiger partial charge on any atom is -0.355 e. The van der Waals surface area contributed by atoms with Crippen molar-refractivity contribution >= 4 is 40.7 Å². The first-order valence-electron chi connectivity index (χ1n) is 7.60. The Morgan fingerprint density at radius 1 is 1.08 bits per heavy atom. The van der Waals surface area contributed by atoms with Crippen LogP contribution in [0.4, 0.5) is 0 Å². The molecule has 2 aromatic carbocycles. The fraction of sp³-hybridized carbons (Fsp3) is 0.278. The first-order chi connectivity index (χ1) is 11.2. The maximum atomic E-state index is 12.2. The highest BCUT2D eigenvalue weighted by molar-refractivity contribution is 14.0. The zero-order valence-corrected chi connectivity index (χ0v) is 17.2. The first kappa shape index (κ1) is 20.6. The van der Waals surface area contributed by atoms with E-state index < -0.39 is 10.8 Å². The summed E-state index contributed by atoms with van der Waals surface area (Å²) in [6.45, 7) is 1.40. The summed E-state index contributed by atoms with van der Waals surface area (Å²) in [6.07, 6.45) is 0. The largest absolute Gasteiger partial charge is 0.355 e. The zero-order chi connectivity index (χ0) is 16.5. The van der Waals surface area contributed by atoms with Crippen LogP contribution in [0.25, 0.3) is 0 Å². The van der Waals surface area contributed by atoms with Crippen molar-refractivity contribution in [3.8, 4) is 0 Å². The van der Waals surface area contributed by atoms with Gasteiger partial charge in [-0.25, -0.2) is 0 Å². The van der Waals surface area contributed by atoms with Crippen molar-refractivity contribution in [2.75, 3.05) is 26.4 Å². The molecule has 130 valence electrons. The number of nitrogens with zero attached hydrogens (tertiary/aromatic N) is 2. The van der Waals surface area contributed by atoms with E-state index in [-0.39, 0.29) is 24.0 Å². The molecule has 1 unspecified atom stereocenters. The Kier molecular flexibility index (Phi) is 9.63. The minimum absolute atomic E-state index is 0. The molecule has 0 radical (unpaired) electrons. The van der Waals surface area contributed by atoms with Gasteiger partial charge >= 0.3 is 0 Å². The lowest BCUT2D eigenvalue weighted by Gasteiger charge is -2.22. The van der Waals surface area contributed by atoms with Crippen molar-refractivity contribution in [1.82, 2.24) is 10.2 Å². The second-order valence-corrected chi connectivity index (χ2v) is 6.75. The Hall–Kier alpha value is -1.41. The van der Waals surface area contributed by atoms with Crippen molar-refractivity contribution in [2.45, 2.75) is 11.4 Å². The lowest BCUT2D eigenvalue weighted by Crippen LogP contribution is -2.40. The maximum absolute atomic E-state index is 12.2. The smallest absolute Gasteiger partial charge is 0.193 e. The Labute approximate surface area is 163 Å². The van der Waals surface area contributed by atoms with Gasteiger partial charge in [-0.05, 0) is 17.7 Å². The van der Waals surface area contributed by atoms with Gasteiger partial charge in [-0.2, -0.15) is 0 Å². The fourth-order valence-corrected chi connectivity index (χ4v) is 3.25. The van der Waals surface area contributed by atoms with Gasteiger partial charge in [-0.1, -0.05) is 48.5 Å². The van der Waals surface area contributed by atoms with Gasteiger partial charge in [0, 0.05) is 37.8 Å². The van der Waals surface area contributed by atoms with E-state index in [9.17, 15) is 4.21 Å². The highest BCUT2D eigenvalue weighted by atomic mass is 127. The fourth-order valence-electron chi connectivity index (χ4n) is 2.26. The van der Waals surface area contributed by atoms with E-state index in [1.54, 1.807) is 7.05 Å². The standard InChI is InChI=1S/C18H23N3OS.HI/c1-19-18(21(2)15-16-9-5-3-6-10-16)20-13-14-23(22)17-11-7-4-8-12-17;/h3-12H,13-15H2,1-2H3,(H,19,20);1H. The number of halogens is 1. The molecular formula is C18H24IN3OS. The summed E-state index contributed by atoms with van der Waals surface area (Å²) in [4.78, 5) is 7.21. The molecule has 0 saturated heterocycles. The van der Waals surface area contributed by atoms with Gasteiger partial charge in [0.25, 0.3) is 0 Å². The molecule has 1 atom stereocenters. The van der Waals surface area contributed by atoms with E-state index in [4.69, 9.17) is 0 Å². The zero-order valence-electron chi connectivity index (χ0n) is 14.0. The molecule has 0 aliphatic rings. The summed E-state index contributed by atoms with van der Waals surface area (Å²) >= 11 is 0. The van der Waals surface area contributed by atoms with Crippen LogP contribution in [0.2, 0.25) is 0 Å². The van der Waals surface area contributed by atoms with Crippen LogP contribution in [0, 0.1) is 0 Å². The number of nitrogens with one attached hydrogen (secondary N) is 1. The highest BCUT2D eigenvalue weighted by Gasteiger charge is 2.08. The molecule has 0 heterocycles. The van der Waals surface area contributed by atoms with E-state index >= 15 is 0 Å². The van der Waals surface area contributed by atoms with Crippen molar-refractivity contribution < 1.29 is 4.21 Å². The van der Waals surface area contributed by atoms with Crippen LogP contribution in [-0.4, -0.2) is 41.5 Å². The number of benzene rings is 2. The summed E-state index contributed by atoms with van der Waals surface area (Å²) in [6, 6.07) is 19.8. The maximum Gasteiger partial charge on any atom is 0.193 e. The molecule has 0 spiro atoms. The van der Waals surface area contributed by atoms with Crippen LogP contribution < -0.4 is 5.32 Å². The summed E-state index contributed by atoms with van der Waals surface area (Å²) < 4.78 is 12.2. The van der Waals surface area contributed by atoms with Gasteiger partial charge in [0.1, 0.15) is 0 Å². The van der Waals surface area contributed by atoms with E-state index in [1.165, 1.54) is 5.56 Å². The molecule has 2 rings (SSSR count). The van der Waals surface area contributed by atoms with Gasteiger partial charge in [0.15, 0.2) is 5.96 Å². The predicted molar refractivity (Wildman–Crippen MR) is 112 cm³/mol. The molecule has 0 aromatic heterocycles. The van der Waals surface area contributed by atoms with Gasteiger partial charge in [-0.3, -0.25) is 9.20 Å². The molecule has 0 aliphatic carbocycles. The minimum atomic E-state index is -0.989. The average molecular weight is 457 g/mol. The molecule has 24 heavy (non-hydrogen) atoms. The van der Waals surface area contributed by atoms with Gasteiger partial charge < -0.3 is 10.2 Å².